The first-order valence-corrected chi connectivity index (χ1v) is 8.88. The van der Waals surface area contributed by atoms with Gasteiger partial charge in [-0.1, -0.05) is 29.8 Å². The minimum atomic E-state index is -0.0804. The number of amides is 1. The lowest BCUT2D eigenvalue weighted by Gasteiger charge is -2.12. The van der Waals surface area contributed by atoms with E-state index in [1.807, 2.05) is 43.3 Å². The van der Waals surface area contributed by atoms with E-state index in [9.17, 15) is 4.79 Å². The normalized spacial score (nSPS) is 10.2. The summed E-state index contributed by atoms with van der Waals surface area (Å²) < 4.78 is 10.6. The van der Waals surface area contributed by atoms with Crippen molar-refractivity contribution in [1.29, 1.82) is 0 Å². The highest BCUT2D eigenvalue weighted by molar-refractivity contribution is 5.92. The topological polar surface area (TPSA) is 72.5 Å². The van der Waals surface area contributed by atoms with Crippen LogP contribution in [0.3, 0.4) is 0 Å². The molecular formula is C22H23N3O3. The van der Waals surface area contributed by atoms with E-state index in [4.69, 9.17) is 9.47 Å². The van der Waals surface area contributed by atoms with Gasteiger partial charge in [0.25, 0.3) is 0 Å². The van der Waals surface area contributed by atoms with Crippen LogP contribution >= 0.6 is 0 Å². The number of aryl methyl sites for hydroxylation is 1. The number of pyridine rings is 1. The SMILES string of the molecule is COc1ccc(Nc2ccc(NC(=O)Cc3ccc(C)cc3)cn2)c(OC)c1. The molecule has 2 N–H and O–H groups in total. The van der Waals surface area contributed by atoms with Crippen LogP contribution in [0.25, 0.3) is 0 Å². The maximum atomic E-state index is 12.2. The molecule has 1 aromatic heterocycles. The van der Waals surface area contributed by atoms with E-state index >= 15 is 0 Å². The highest BCUT2D eigenvalue weighted by atomic mass is 16.5. The molecule has 3 rings (SSSR count). The van der Waals surface area contributed by atoms with Crippen molar-refractivity contribution in [3.05, 3.63) is 71.9 Å². The maximum Gasteiger partial charge on any atom is 0.228 e. The van der Waals surface area contributed by atoms with Crippen molar-refractivity contribution in [1.82, 2.24) is 4.98 Å². The number of anilines is 3. The summed E-state index contributed by atoms with van der Waals surface area (Å²) in [4.78, 5) is 16.6. The molecule has 0 spiro atoms. The van der Waals surface area contributed by atoms with Crippen molar-refractivity contribution in [3.8, 4) is 11.5 Å². The fourth-order valence-electron chi connectivity index (χ4n) is 2.68. The third kappa shape index (κ3) is 5.01. The van der Waals surface area contributed by atoms with Gasteiger partial charge in [0.05, 0.1) is 38.2 Å². The van der Waals surface area contributed by atoms with Gasteiger partial charge in [-0.3, -0.25) is 4.79 Å². The van der Waals surface area contributed by atoms with Crippen LogP contribution in [0.1, 0.15) is 11.1 Å². The van der Waals surface area contributed by atoms with Gasteiger partial charge >= 0.3 is 0 Å². The molecule has 2 aromatic carbocycles. The summed E-state index contributed by atoms with van der Waals surface area (Å²) in [5.74, 6) is 1.92. The molecule has 0 atom stereocenters. The summed E-state index contributed by atoms with van der Waals surface area (Å²) in [6, 6.07) is 17.0. The molecule has 0 fully saturated rings. The average Bonchev–Trinajstić information content (AvgIpc) is 2.71. The van der Waals surface area contributed by atoms with E-state index in [-0.39, 0.29) is 5.91 Å². The fourth-order valence-corrected chi connectivity index (χ4v) is 2.68. The zero-order chi connectivity index (χ0) is 19.9. The highest BCUT2D eigenvalue weighted by Gasteiger charge is 2.08. The lowest BCUT2D eigenvalue weighted by molar-refractivity contribution is -0.115. The van der Waals surface area contributed by atoms with Gasteiger partial charge in [0.15, 0.2) is 0 Å². The van der Waals surface area contributed by atoms with E-state index in [1.165, 1.54) is 5.56 Å². The van der Waals surface area contributed by atoms with E-state index in [1.54, 1.807) is 38.6 Å². The van der Waals surface area contributed by atoms with Gasteiger partial charge < -0.3 is 20.1 Å². The predicted molar refractivity (Wildman–Crippen MR) is 111 cm³/mol. The number of nitrogens with one attached hydrogen (secondary N) is 2. The summed E-state index contributed by atoms with van der Waals surface area (Å²) in [6.45, 7) is 2.02. The van der Waals surface area contributed by atoms with Crippen LogP contribution in [0, 0.1) is 6.92 Å². The van der Waals surface area contributed by atoms with Gasteiger partial charge in [-0.25, -0.2) is 4.98 Å². The maximum absolute atomic E-state index is 12.2. The molecule has 0 bridgehead atoms. The van der Waals surface area contributed by atoms with Crippen molar-refractivity contribution < 1.29 is 14.3 Å². The molecule has 0 aliphatic carbocycles. The third-order valence-electron chi connectivity index (χ3n) is 4.20. The zero-order valence-corrected chi connectivity index (χ0v) is 16.2. The van der Waals surface area contributed by atoms with Crippen LogP contribution < -0.4 is 20.1 Å². The molecule has 6 nitrogen and oxygen atoms in total. The molecule has 3 aromatic rings. The first kappa shape index (κ1) is 19.2. The molecule has 0 saturated heterocycles. The van der Waals surface area contributed by atoms with Crippen molar-refractivity contribution in [2.75, 3.05) is 24.9 Å². The second kappa shape index (κ2) is 8.90. The molecule has 1 amide bonds. The second-order valence-electron chi connectivity index (χ2n) is 6.33. The molecule has 0 aliphatic rings. The number of nitrogens with zero attached hydrogens (tertiary/aromatic N) is 1. The van der Waals surface area contributed by atoms with Crippen molar-refractivity contribution in [3.63, 3.8) is 0 Å². The molecule has 1 heterocycles. The van der Waals surface area contributed by atoms with E-state index in [2.05, 4.69) is 15.6 Å². The molecule has 0 saturated carbocycles. The largest absolute Gasteiger partial charge is 0.497 e. The average molecular weight is 377 g/mol. The Morgan fingerprint density at radius 1 is 1.00 bits per heavy atom. The van der Waals surface area contributed by atoms with Crippen molar-refractivity contribution in [2.24, 2.45) is 0 Å². The van der Waals surface area contributed by atoms with Gasteiger partial charge in [-0.2, -0.15) is 0 Å². The van der Waals surface area contributed by atoms with E-state index < -0.39 is 0 Å². The second-order valence-corrected chi connectivity index (χ2v) is 6.33. The number of methoxy groups -OCH3 is 2. The lowest BCUT2D eigenvalue weighted by Crippen LogP contribution is -2.14. The van der Waals surface area contributed by atoms with Crippen LogP contribution in [-0.2, 0) is 11.2 Å². The predicted octanol–water partition coefficient (Wildman–Crippen LogP) is 4.33. The Labute approximate surface area is 164 Å². The number of rotatable bonds is 7. The number of benzene rings is 2. The minimum Gasteiger partial charge on any atom is -0.497 e. The monoisotopic (exact) mass is 377 g/mol. The molecule has 6 heteroatoms. The van der Waals surface area contributed by atoms with Crippen LogP contribution in [-0.4, -0.2) is 25.1 Å². The van der Waals surface area contributed by atoms with Crippen LogP contribution in [0.5, 0.6) is 11.5 Å². The number of ether oxygens (including phenoxy) is 2. The summed E-state index contributed by atoms with van der Waals surface area (Å²) in [5, 5.41) is 6.06. The molecule has 0 aliphatic heterocycles. The number of carbonyl (C=O) groups is 1. The van der Waals surface area contributed by atoms with Crippen LogP contribution in [0.2, 0.25) is 0 Å². The Morgan fingerprint density at radius 3 is 2.43 bits per heavy atom. The Bertz CT molecular complexity index is 938. The summed E-state index contributed by atoms with van der Waals surface area (Å²) in [5.41, 5.74) is 3.56. The minimum absolute atomic E-state index is 0.0804. The first-order chi connectivity index (χ1) is 13.6. The number of carbonyl (C=O) groups excluding carboxylic acids is 1. The number of hydrogen-bond donors (Lipinski definition) is 2. The Kier molecular flexibility index (Phi) is 6.11. The van der Waals surface area contributed by atoms with Gasteiger partial charge in [0, 0.05) is 6.07 Å². The van der Waals surface area contributed by atoms with Crippen molar-refractivity contribution in [2.45, 2.75) is 13.3 Å². The van der Waals surface area contributed by atoms with Crippen LogP contribution in [0.4, 0.5) is 17.2 Å². The molecule has 0 radical (unpaired) electrons. The molecule has 28 heavy (non-hydrogen) atoms. The van der Waals surface area contributed by atoms with E-state index in [0.29, 0.717) is 29.4 Å². The summed E-state index contributed by atoms with van der Waals surface area (Å²) >= 11 is 0. The Morgan fingerprint density at radius 2 is 1.79 bits per heavy atom. The zero-order valence-electron chi connectivity index (χ0n) is 16.2. The highest BCUT2D eigenvalue weighted by Crippen LogP contribution is 2.31. The van der Waals surface area contributed by atoms with E-state index in [0.717, 1.165) is 11.3 Å². The van der Waals surface area contributed by atoms with Gasteiger partial charge in [0.1, 0.15) is 17.3 Å². The number of hydrogen-bond acceptors (Lipinski definition) is 5. The lowest BCUT2D eigenvalue weighted by atomic mass is 10.1. The van der Waals surface area contributed by atoms with Gasteiger partial charge in [-0.15, -0.1) is 0 Å². The third-order valence-corrected chi connectivity index (χ3v) is 4.20. The van der Waals surface area contributed by atoms with Crippen LogP contribution in [0.15, 0.2) is 60.8 Å². The first-order valence-electron chi connectivity index (χ1n) is 8.88. The summed E-state index contributed by atoms with van der Waals surface area (Å²) in [6.07, 6.45) is 1.94. The van der Waals surface area contributed by atoms with Gasteiger partial charge in [-0.05, 0) is 36.8 Å². The standard InChI is InChI=1S/C22H23N3O3/c1-15-4-6-16(7-5-15)12-22(26)24-17-8-11-21(23-14-17)25-19-10-9-18(27-2)13-20(19)28-3/h4-11,13-14H,12H2,1-3H3,(H,23,25)(H,24,26). The molecule has 144 valence electrons. The van der Waals surface area contributed by atoms with Gasteiger partial charge in [0.2, 0.25) is 5.91 Å². The fraction of sp³-hybridized carbons (Fsp3) is 0.182. The quantitative estimate of drug-likeness (QED) is 0.641. The molecule has 0 unspecified atom stereocenters. The number of aromatic nitrogens is 1. The smallest absolute Gasteiger partial charge is 0.228 e. The van der Waals surface area contributed by atoms with Crippen molar-refractivity contribution >= 4 is 23.1 Å². The summed E-state index contributed by atoms with van der Waals surface area (Å²) in [7, 11) is 3.20. The Hall–Kier alpha value is -3.54. The Balaban J connectivity index is 1.62. The molecular weight excluding hydrogens is 354 g/mol.